The molecule has 43 heavy (non-hydrogen) atoms. The second-order valence-electron chi connectivity index (χ2n) is 11.1. The van der Waals surface area contributed by atoms with E-state index in [1.807, 2.05) is 35.2 Å². The Morgan fingerprint density at radius 3 is 2.37 bits per heavy atom. The molecule has 2 N–H and O–H groups in total. The average molecular weight is 623 g/mol. The molecule has 3 aromatic carbocycles. The molecule has 0 radical (unpaired) electrons. The fourth-order valence-corrected chi connectivity index (χ4v) is 7.87. The molecule has 1 fully saturated rings. The highest BCUT2D eigenvalue weighted by atomic mass is 35.5. The molecule has 1 saturated heterocycles. The number of halogens is 1. The topological polar surface area (TPSA) is 116 Å². The maximum Gasteiger partial charge on any atom is 0.265 e. The van der Waals surface area contributed by atoms with Gasteiger partial charge < -0.3 is 15.5 Å². The molecule has 0 aliphatic carbocycles. The van der Waals surface area contributed by atoms with Crippen LogP contribution in [0.2, 0.25) is 5.02 Å². The number of amides is 3. The first-order chi connectivity index (χ1) is 20.6. The number of rotatable bonds is 8. The van der Waals surface area contributed by atoms with Crippen LogP contribution in [0.15, 0.2) is 71.6 Å². The minimum atomic E-state index is -4.24. The van der Waals surface area contributed by atoms with E-state index < -0.39 is 27.9 Å². The lowest BCUT2D eigenvalue weighted by atomic mass is 9.93. The van der Waals surface area contributed by atoms with Gasteiger partial charge >= 0.3 is 0 Å². The number of fused-ring (bicyclic) bond motifs is 1. The number of para-hydroxylation sites is 2. The largest absolute Gasteiger partial charge is 0.356 e. The summed E-state index contributed by atoms with van der Waals surface area (Å²) in [6.07, 6.45) is 2.06. The average Bonchev–Trinajstić information content (AvgIpc) is 2.99. The number of sulfonamides is 1. The van der Waals surface area contributed by atoms with Gasteiger partial charge in [-0.25, -0.2) is 8.42 Å². The van der Waals surface area contributed by atoms with Crippen LogP contribution in [0.4, 0.5) is 11.4 Å². The van der Waals surface area contributed by atoms with Gasteiger partial charge in [0.15, 0.2) is 0 Å². The first-order valence-electron chi connectivity index (χ1n) is 14.4. The van der Waals surface area contributed by atoms with Gasteiger partial charge in [0.2, 0.25) is 11.8 Å². The van der Waals surface area contributed by atoms with Gasteiger partial charge in [0.25, 0.3) is 15.9 Å². The molecule has 0 bridgehead atoms. The number of nitrogens with one attached hydrogen (secondary N) is 2. The van der Waals surface area contributed by atoms with Crippen molar-refractivity contribution in [2.45, 2.75) is 50.5 Å². The summed E-state index contributed by atoms with van der Waals surface area (Å²) in [6.45, 7) is 5.07. The normalized spacial score (nSPS) is 17.3. The predicted molar refractivity (Wildman–Crippen MR) is 167 cm³/mol. The van der Waals surface area contributed by atoms with E-state index in [1.54, 1.807) is 44.2 Å². The molecule has 0 aromatic heterocycles. The molecule has 226 valence electrons. The third-order valence-electron chi connectivity index (χ3n) is 8.15. The lowest BCUT2D eigenvalue weighted by Crippen LogP contribution is -2.53. The summed E-state index contributed by atoms with van der Waals surface area (Å²) in [5, 5.41) is 6.08. The van der Waals surface area contributed by atoms with E-state index in [-0.39, 0.29) is 17.2 Å². The summed E-state index contributed by atoms with van der Waals surface area (Å²) < 4.78 is 29.3. The Balaban J connectivity index is 1.24. The van der Waals surface area contributed by atoms with Gasteiger partial charge in [-0.3, -0.25) is 18.7 Å². The molecule has 1 atom stereocenters. The van der Waals surface area contributed by atoms with Crippen LogP contribution in [0.3, 0.4) is 0 Å². The fourth-order valence-electron chi connectivity index (χ4n) is 5.72. The number of aryl methyl sites for hydroxylation is 2. The molecule has 9 nitrogen and oxygen atoms in total. The smallest absolute Gasteiger partial charge is 0.265 e. The molecule has 3 aromatic rings. The van der Waals surface area contributed by atoms with Crippen molar-refractivity contribution in [2.75, 3.05) is 29.3 Å². The Hall–Kier alpha value is -3.89. The predicted octanol–water partition coefficient (Wildman–Crippen LogP) is 4.92. The standard InChI is InChI=1S/C32H35ClN4O5S/c1-21-19-29(22(2)18-25(21)33)43(41,42)37-27-11-7-6-10-26(27)35-31(39)28(37)20-30(38)34-15-12-23-13-16-36(17-14-23)32(40)24-8-4-3-5-9-24/h3-11,18-19,23,28H,12-17,20H2,1-2H3,(H,34,38)(H,35,39)/t28-/m1/s1. The summed E-state index contributed by atoms with van der Waals surface area (Å²) in [5.41, 5.74) is 2.36. The Kier molecular flexibility index (Phi) is 9.08. The highest BCUT2D eigenvalue weighted by Gasteiger charge is 2.42. The van der Waals surface area contributed by atoms with Crippen molar-refractivity contribution < 1.29 is 22.8 Å². The van der Waals surface area contributed by atoms with Crippen molar-refractivity contribution in [3.05, 3.63) is 88.4 Å². The molecule has 5 rings (SSSR count). The number of piperidine rings is 1. The van der Waals surface area contributed by atoms with Crippen LogP contribution < -0.4 is 14.9 Å². The van der Waals surface area contributed by atoms with E-state index in [1.165, 1.54) is 6.07 Å². The molecule has 2 heterocycles. The number of carbonyl (C=O) groups excluding carboxylic acids is 3. The number of likely N-dealkylation sites (tertiary alicyclic amines) is 1. The van der Waals surface area contributed by atoms with Crippen molar-refractivity contribution in [1.29, 1.82) is 0 Å². The summed E-state index contributed by atoms with van der Waals surface area (Å²) in [4.78, 5) is 41.0. The molecular weight excluding hydrogens is 588 g/mol. The van der Waals surface area contributed by atoms with E-state index in [2.05, 4.69) is 10.6 Å². The second kappa shape index (κ2) is 12.8. The third kappa shape index (κ3) is 6.55. The Bertz CT molecular complexity index is 1640. The van der Waals surface area contributed by atoms with E-state index in [0.717, 1.165) is 23.6 Å². The molecule has 3 amide bonds. The first kappa shape index (κ1) is 30.6. The first-order valence-corrected chi connectivity index (χ1v) is 16.2. The monoisotopic (exact) mass is 622 g/mol. The van der Waals surface area contributed by atoms with Gasteiger partial charge in [-0.05, 0) is 86.6 Å². The van der Waals surface area contributed by atoms with Crippen LogP contribution in [-0.2, 0) is 19.6 Å². The van der Waals surface area contributed by atoms with Crippen LogP contribution in [0.25, 0.3) is 0 Å². The zero-order valence-electron chi connectivity index (χ0n) is 24.2. The van der Waals surface area contributed by atoms with Gasteiger partial charge in [0.1, 0.15) is 6.04 Å². The molecule has 0 unspecified atom stereocenters. The van der Waals surface area contributed by atoms with Gasteiger partial charge in [0.05, 0.1) is 22.7 Å². The van der Waals surface area contributed by atoms with E-state index >= 15 is 0 Å². The van der Waals surface area contributed by atoms with Crippen LogP contribution in [0.1, 0.15) is 47.2 Å². The summed E-state index contributed by atoms with van der Waals surface area (Å²) >= 11 is 6.23. The SMILES string of the molecule is Cc1cc(S(=O)(=O)N2c3ccccc3NC(=O)[C@H]2CC(=O)NCCC2CCN(C(=O)c3ccccc3)CC2)c(C)cc1Cl. The van der Waals surface area contributed by atoms with Crippen LogP contribution in [-0.4, -0.2) is 56.7 Å². The van der Waals surface area contributed by atoms with Crippen molar-refractivity contribution >= 4 is 50.7 Å². The summed E-state index contributed by atoms with van der Waals surface area (Å²) in [6, 6.07) is 17.7. The van der Waals surface area contributed by atoms with Gasteiger partial charge in [0, 0.05) is 30.2 Å². The van der Waals surface area contributed by atoms with E-state index in [0.29, 0.717) is 58.6 Å². The minimum Gasteiger partial charge on any atom is -0.356 e. The van der Waals surface area contributed by atoms with Crippen molar-refractivity contribution in [3.8, 4) is 0 Å². The number of anilines is 2. The number of hydrogen-bond donors (Lipinski definition) is 2. The highest BCUT2D eigenvalue weighted by molar-refractivity contribution is 7.93. The lowest BCUT2D eigenvalue weighted by molar-refractivity contribution is -0.125. The molecule has 11 heteroatoms. The number of benzene rings is 3. The zero-order chi connectivity index (χ0) is 30.7. The molecular formula is C32H35ClN4O5S. The van der Waals surface area contributed by atoms with Crippen molar-refractivity contribution in [1.82, 2.24) is 10.2 Å². The van der Waals surface area contributed by atoms with Crippen molar-refractivity contribution in [3.63, 3.8) is 0 Å². The minimum absolute atomic E-state index is 0.0291. The Labute approximate surface area is 257 Å². The highest BCUT2D eigenvalue weighted by Crippen LogP contribution is 2.38. The van der Waals surface area contributed by atoms with Gasteiger partial charge in [-0.15, -0.1) is 0 Å². The van der Waals surface area contributed by atoms with Crippen LogP contribution in [0, 0.1) is 19.8 Å². The van der Waals surface area contributed by atoms with E-state index in [4.69, 9.17) is 11.6 Å². The number of nitrogens with zero attached hydrogens (tertiary/aromatic N) is 2. The molecule has 0 saturated carbocycles. The van der Waals surface area contributed by atoms with Crippen LogP contribution in [0.5, 0.6) is 0 Å². The Morgan fingerprint density at radius 2 is 1.65 bits per heavy atom. The lowest BCUT2D eigenvalue weighted by Gasteiger charge is -2.37. The number of carbonyl (C=O) groups is 3. The van der Waals surface area contributed by atoms with E-state index in [9.17, 15) is 22.8 Å². The maximum absolute atomic E-state index is 14.1. The van der Waals surface area contributed by atoms with Gasteiger partial charge in [-0.1, -0.05) is 41.9 Å². The third-order valence-corrected chi connectivity index (χ3v) is 10.5. The zero-order valence-corrected chi connectivity index (χ0v) is 25.7. The quantitative estimate of drug-likeness (QED) is 0.370. The van der Waals surface area contributed by atoms with Crippen molar-refractivity contribution in [2.24, 2.45) is 5.92 Å². The van der Waals surface area contributed by atoms with Gasteiger partial charge in [-0.2, -0.15) is 0 Å². The molecule has 0 spiro atoms. The van der Waals surface area contributed by atoms with Crippen LogP contribution >= 0.6 is 11.6 Å². The fraction of sp³-hybridized carbons (Fsp3) is 0.344. The maximum atomic E-state index is 14.1. The summed E-state index contributed by atoms with van der Waals surface area (Å²) in [7, 11) is -4.24. The number of hydrogen-bond acceptors (Lipinski definition) is 5. The second-order valence-corrected chi connectivity index (χ2v) is 13.3. The Morgan fingerprint density at radius 1 is 0.977 bits per heavy atom. The summed E-state index contributed by atoms with van der Waals surface area (Å²) in [5.74, 6) is -0.613. The molecule has 2 aliphatic rings. The molecule has 2 aliphatic heterocycles.